The summed E-state index contributed by atoms with van der Waals surface area (Å²) >= 11 is 3.45. The minimum atomic E-state index is 0.470. The molecule has 2 aromatic rings. The Morgan fingerprint density at radius 1 is 1.11 bits per heavy atom. The van der Waals surface area contributed by atoms with Crippen LogP contribution in [0.15, 0.2) is 33.3 Å². The number of nitrogens with two attached hydrogens (primary N) is 1. The van der Waals surface area contributed by atoms with Crippen LogP contribution in [0.3, 0.4) is 0 Å². The van der Waals surface area contributed by atoms with Gasteiger partial charge in [0, 0.05) is 10.4 Å². The van der Waals surface area contributed by atoms with Crippen LogP contribution in [0, 0.1) is 0 Å². The van der Waals surface area contributed by atoms with Gasteiger partial charge < -0.3 is 10.3 Å². The maximum Gasteiger partial charge on any atom is 0.175 e. The van der Waals surface area contributed by atoms with Crippen LogP contribution in [0.5, 0.6) is 0 Å². The summed E-state index contributed by atoms with van der Waals surface area (Å²) in [6, 6.07) is 8.15. The van der Waals surface area contributed by atoms with Gasteiger partial charge in [-0.05, 0) is 30.5 Å². The molecule has 1 heterocycles. The predicted octanol–water partition coefficient (Wildman–Crippen LogP) is 4.73. The van der Waals surface area contributed by atoms with Crippen LogP contribution >= 0.6 is 15.9 Å². The summed E-state index contributed by atoms with van der Waals surface area (Å²) in [5, 5.41) is 3.98. The van der Waals surface area contributed by atoms with Crippen LogP contribution in [-0.4, -0.2) is 5.16 Å². The smallest absolute Gasteiger partial charge is 0.175 e. The van der Waals surface area contributed by atoms with E-state index in [2.05, 4.69) is 33.2 Å². The highest BCUT2D eigenvalue weighted by Crippen LogP contribution is 2.40. The zero-order chi connectivity index (χ0) is 13.2. The summed E-state index contributed by atoms with van der Waals surface area (Å²) in [6.45, 7) is 0. The highest BCUT2D eigenvalue weighted by Gasteiger charge is 2.25. The minimum absolute atomic E-state index is 0.470. The third-order valence-corrected chi connectivity index (χ3v) is 4.38. The number of aromatic nitrogens is 1. The van der Waals surface area contributed by atoms with Gasteiger partial charge in [-0.2, -0.15) is 0 Å². The molecule has 0 spiro atoms. The Morgan fingerprint density at radius 3 is 2.47 bits per heavy atom. The first kappa shape index (κ1) is 12.7. The maximum absolute atomic E-state index is 6.00. The van der Waals surface area contributed by atoms with Gasteiger partial charge in [0.15, 0.2) is 5.82 Å². The molecule has 0 atom stereocenters. The lowest BCUT2D eigenvalue weighted by molar-refractivity contribution is 0.323. The second-order valence-corrected chi connectivity index (χ2v) is 6.06. The van der Waals surface area contributed by atoms with Crippen LogP contribution < -0.4 is 5.73 Å². The van der Waals surface area contributed by atoms with E-state index in [0.717, 1.165) is 21.4 Å². The fourth-order valence-electron chi connectivity index (χ4n) is 2.87. The van der Waals surface area contributed by atoms with Gasteiger partial charge in [-0.1, -0.05) is 52.5 Å². The number of hydrogen-bond donors (Lipinski definition) is 1. The number of benzene rings is 1. The first-order chi connectivity index (χ1) is 9.25. The second-order valence-electron chi connectivity index (χ2n) is 5.15. The molecule has 2 N–H and O–H groups in total. The van der Waals surface area contributed by atoms with Gasteiger partial charge in [0.05, 0.1) is 5.56 Å². The Bertz CT molecular complexity index is 556. The van der Waals surface area contributed by atoms with Crippen molar-refractivity contribution < 1.29 is 4.52 Å². The van der Waals surface area contributed by atoms with Gasteiger partial charge in [-0.15, -0.1) is 0 Å². The molecular weight excluding hydrogens is 304 g/mol. The normalized spacial score (nSPS) is 16.7. The number of nitrogen functional groups attached to an aromatic ring is 1. The molecule has 0 radical (unpaired) electrons. The van der Waals surface area contributed by atoms with E-state index in [1.165, 1.54) is 32.1 Å². The van der Waals surface area contributed by atoms with E-state index >= 15 is 0 Å². The molecule has 100 valence electrons. The summed E-state index contributed by atoms with van der Waals surface area (Å²) in [5.74, 6) is 1.94. The van der Waals surface area contributed by atoms with Crippen LogP contribution in [0.25, 0.3) is 11.1 Å². The molecule has 0 saturated heterocycles. The van der Waals surface area contributed by atoms with E-state index in [0.29, 0.717) is 11.7 Å². The summed E-state index contributed by atoms with van der Waals surface area (Å²) < 4.78 is 6.59. The average molecular weight is 321 g/mol. The third kappa shape index (κ3) is 2.54. The number of nitrogens with zero attached hydrogens (tertiary/aromatic N) is 1. The van der Waals surface area contributed by atoms with E-state index in [1.807, 2.05) is 12.1 Å². The quantitative estimate of drug-likeness (QED) is 0.869. The molecule has 0 bridgehead atoms. The summed E-state index contributed by atoms with van der Waals surface area (Å²) in [5.41, 5.74) is 8.07. The van der Waals surface area contributed by atoms with E-state index in [-0.39, 0.29) is 0 Å². The van der Waals surface area contributed by atoms with Crippen molar-refractivity contribution in [1.82, 2.24) is 5.16 Å². The lowest BCUT2D eigenvalue weighted by Gasteiger charge is -2.20. The van der Waals surface area contributed by atoms with E-state index in [4.69, 9.17) is 10.3 Å². The minimum Gasteiger partial charge on any atom is -0.380 e. The van der Waals surface area contributed by atoms with Crippen molar-refractivity contribution in [1.29, 1.82) is 0 Å². The molecule has 1 saturated carbocycles. The Labute approximate surface area is 121 Å². The zero-order valence-corrected chi connectivity index (χ0v) is 12.3. The van der Waals surface area contributed by atoms with Gasteiger partial charge in [0.2, 0.25) is 0 Å². The molecular formula is C15H17BrN2O. The van der Waals surface area contributed by atoms with Crippen LogP contribution in [-0.2, 0) is 0 Å². The summed E-state index contributed by atoms with van der Waals surface area (Å²) in [4.78, 5) is 0. The Kier molecular flexibility index (Phi) is 3.60. The molecule has 1 aromatic carbocycles. The van der Waals surface area contributed by atoms with Crippen LogP contribution in [0.1, 0.15) is 43.8 Å². The SMILES string of the molecule is Nc1noc(C2CCCCC2)c1-c1ccc(Br)cc1. The molecule has 1 aromatic heterocycles. The monoisotopic (exact) mass is 320 g/mol. The summed E-state index contributed by atoms with van der Waals surface area (Å²) in [7, 11) is 0. The molecule has 1 aliphatic carbocycles. The van der Waals surface area contributed by atoms with E-state index < -0.39 is 0 Å². The van der Waals surface area contributed by atoms with Crippen LogP contribution in [0.2, 0.25) is 0 Å². The molecule has 1 aliphatic rings. The largest absolute Gasteiger partial charge is 0.380 e. The van der Waals surface area contributed by atoms with E-state index in [9.17, 15) is 0 Å². The Hall–Kier alpha value is -1.29. The van der Waals surface area contributed by atoms with Crippen LogP contribution in [0.4, 0.5) is 5.82 Å². The number of hydrogen-bond acceptors (Lipinski definition) is 3. The number of halogens is 1. The lowest BCUT2D eigenvalue weighted by Crippen LogP contribution is -2.05. The van der Waals surface area contributed by atoms with E-state index in [1.54, 1.807) is 0 Å². The van der Waals surface area contributed by atoms with Gasteiger partial charge in [0.1, 0.15) is 5.76 Å². The average Bonchev–Trinajstić information content (AvgIpc) is 2.83. The first-order valence-corrected chi connectivity index (χ1v) is 7.56. The van der Waals surface area contributed by atoms with Gasteiger partial charge in [-0.3, -0.25) is 0 Å². The maximum atomic E-state index is 6.00. The second kappa shape index (κ2) is 5.37. The standard InChI is InChI=1S/C15H17BrN2O/c16-12-8-6-10(7-9-12)13-14(19-18-15(13)17)11-4-2-1-3-5-11/h6-9,11H,1-5H2,(H2,17,18). The van der Waals surface area contributed by atoms with Gasteiger partial charge in [-0.25, -0.2) is 0 Å². The van der Waals surface area contributed by atoms with Gasteiger partial charge in [0.25, 0.3) is 0 Å². The molecule has 3 nitrogen and oxygen atoms in total. The highest BCUT2D eigenvalue weighted by molar-refractivity contribution is 9.10. The fourth-order valence-corrected chi connectivity index (χ4v) is 3.13. The lowest BCUT2D eigenvalue weighted by atomic mass is 9.85. The van der Waals surface area contributed by atoms with Crippen molar-refractivity contribution in [2.75, 3.05) is 5.73 Å². The Morgan fingerprint density at radius 2 is 1.79 bits per heavy atom. The topological polar surface area (TPSA) is 52.0 Å². The molecule has 3 rings (SSSR count). The molecule has 0 unspecified atom stereocenters. The van der Waals surface area contributed by atoms with Crippen molar-refractivity contribution in [3.8, 4) is 11.1 Å². The van der Waals surface area contributed by atoms with Gasteiger partial charge >= 0.3 is 0 Å². The van der Waals surface area contributed by atoms with Crippen molar-refractivity contribution in [2.45, 2.75) is 38.0 Å². The molecule has 19 heavy (non-hydrogen) atoms. The molecule has 1 fully saturated rings. The van der Waals surface area contributed by atoms with Crippen molar-refractivity contribution >= 4 is 21.7 Å². The fraction of sp³-hybridized carbons (Fsp3) is 0.400. The molecule has 0 amide bonds. The van der Waals surface area contributed by atoms with Crippen molar-refractivity contribution in [3.05, 3.63) is 34.5 Å². The van der Waals surface area contributed by atoms with Crippen molar-refractivity contribution in [2.24, 2.45) is 0 Å². The van der Waals surface area contributed by atoms with Crippen molar-refractivity contribution in [3.63, 3.8) is 0 Å². The molecule has 0 aliphatic heterocycles. The number of anilines is 1. The predicted molar refractivity (Wildman–Crippen MR) is 79.9 cm³/mol. The summed E-state index contributed by atoms with van der Waals surface area (Å²) in [6.07, 6.45) is 6.22. The zero-order valence-electron chi connectivity index (χ0n) is 10.7. The first-order valence-electron chi connectivity index (χ1n) is 6.76. The third-order valence-electron chi connectivity index (χ3n) is 3.85. The Balaban J connectivity index is 2.00. The number of rotatable bonds is 2. The highest BCUT2D eigenvalue weighted by atomic mass is 79.9. The molecule has 4 heteroatoms.